The molecule has 0 saturated carbocycles. The summed E-state index contributed by atoms with van der Waals surface area (Å²) >= 11 is 0. The number of hydrogen-bond acceptors (Lipinski definition) is 4. The largest absolute Gasteiger partial charge is 0.463 e. The van der Waals surface area contributed by atoms with Gasteiger partial charge in [-0.2, -0.15) is 0 Å². The first kappa shape index (κ1) is 20.3. The molecule has 1 aromatic carbocycles. The van der Waals surface area contributed by atoms with E-state index in [1.165, 1.54) is 6.07 Å². The lowest BCUT2D eigenvalue weighted by Crippen LogP contribution is -2.49. The molecule has 1 aromatic rings. The molecule has 3 rings (SSSR count). The van der Waals surface area contributed by atoms with Crippen molar-refractivity contribution in [1.29, 1.82) is 0 Å². The highest BCUT2D eigenvalue weighted by atomic mass is 19.2. The Balaban J connectivity index is 1.97. The number of likely N-dealkylation sites (tertiary alicyclic amines) is 1. The second kappa shape index (κ2) is 8.68. The first-order chi connectivity index (χ1) is 13.4. The van der Waals surface area contributed by atoms with E-state index in [4.69, 9.17) is 4.74 Å². The van der Waals surface area contributed by atoms with Crippen molar-refractivity contribution in [3.8, 4) is 0 Å². The molecule has 1 fully saturated rings. The fourth-order valence-electron chi connectivity index (χ4n) is 3.58. The molecule has 2 N–H and O–H groups in total. The van der Waals surface area contributed by atoms with Gasteiger partial charge in [0.2, 0.25) is 0 Å². The van der Waals surface area contributed by atoms with Gasteiger partial charge in [0.15, 0.2) is 11.6 Å². The van der Waals surface area contributed by atoms with Gasteiger partial charge in [0.25, 0.3) is 0 Å². The minimum Gasteiger partial charge on any atom is -0.463 e. The molecule has 2 heterocycles. The van der Waals surface area contributed by atoms with Crippen LogP contribution in [-0.2, 0) is 9.53 Å². The highest BCUT2D eigenvalue weighted by Crippen LogP contribution is 2.29. The summed E-state index contributed by atoms with van der Waals surface area (Å²) in [4.78, 5) is 27.1. The molecule has 0 aliphatic carbocycles. The van der Waals surface area contributed by atoms with Gasteiger partial charge in [-0.25, -0.2) is 18.4 Å². The smallest absolute Gasteiger partial charge is 0.338 e. The van der Waals surface area contributed by atoms with E-state index in [1.807, 2.05) is 0 Å². The van der Waals surface area contributed by atoms with Crippen LogP contribution in [-0.4, -0.2) is 43.1 Å². The molecule has 6 nitrogen and oxygen atoms in total. The minimum absolute atomic E-state index is 0.162. The number of carbonyl (C=O) groups excluding carboxylic acids is 2. The third-order valence-electron chi connectivity index (χ3n) is 5.18. The normalized spacial score (nSPS) is 21.3. The van der Waals surface area contributed by atoms with Crippen molar-refractivity contribution >= 4 is 12.0 Å². The lowest BCUT2D eigenvalue weighted by molar-refractivity contribution is -0.139. The standard InChI is InChI=1S/C20H25F2N3O3/c1-3-28-19(26)17-16(11-25-8-6-12(2)7-9-25)23-20(27)24-18(17)13-4-5-14(21)15(22)10-13/h4-5,10,12,18H,3,6-9,11H2,1-2H3,(H2,23,24,27)/t18-/m1/s1. The zero-order valence-corrected chi connectivity index (χ0v) is 16.1. The summed E-state index contributed by atoms with van der Waals surface area (Å²) in [6.07, 6.45) is 2.08. The van der Waals surface area contributed by atoms with Gasteiger partial charge >= 0.3 is 12.0 Å². The van der Waals surface area contributed by atoms with Crippen LogP contribution in [0.3, 0.4) is 0 Å². The predicted molar refractivity (Wildman–Crippen MR) is 99.3 cm³/mol. The summed E-state index contributed by atoms with van der Waals surface area (Å²) in [6, 6.07) is 1.91. The van der Waals surface area contributed by atoms with Crippen molar-refractivity contribution in [3.63, 3.8) is 0 Å². The SMILES string of the molecule is CCOC(=O)C1=C(CN2CCC(C)CC2)NC(=O)N[C@@H]1c1ccc(F)c(F)c1. The Bertz CT molecular complexity index is 789. The van der Waals surface area contributed by atoms with Crippen LogP contribution in [0.15, 0.2) is 29.5 Å². The molecule has 8 heteroatoms. The summed E-state index contributed by atoms with van der Waals surface area (Å²) in [5.41, 5.74) is 0.930. The van der Waals surface area contributed by atoms with Crippen LogP contribution >= 0.6 is 0 Å². The number of benzene rings is 1. The number of halogens is 2. The zero-order chi connectivity index (χ0) is 20.3. The molecule has 2 amide bonds. The first-order valence-corrected chi connectivity index (χ1v) is 9.54. The Kier molecular flexibility index (Phi) is 6.28. The molecule has 0 radical (unpaired) electrons. The van der Waals surface area contributed by atoms with Crippen LogP contribution in [0.25, 0.3) is 0 Å². The molecule has 0 spiro atoms. The van der Waals surface area contributed by atoms with Crippen LogP contribution in [0.2, 0.25) is 0 Å². The summed E-state index contributed by atoms with van der Waals surface area (Å²) in [5.74, 6) is -1.98. The molecule has 152 valence electrons. The molecule has 2 aliphatic rings. The van der Waals surface area contributed by atoms with Gasteiger partial charge in [-0.1, -0.05) is 13.0 Å². The Morgan fingerprint density at radius 1 is 1.25 bits per heavy atom. The van der Waals surface area contributed by atoms with E-state index < -0.39 is 29.7 Å². The maximum atomic E-state index is 13.8. The van der Waals surface area contributed by atoms with Gasteiger partial charge in [0.05, 0.1) is 18.2 Å². The van der Waals surface area contributed by atoms with Crippen LogP contribution in [0, 0.1) is 17.6 Å². The maximum absolute atomic E-state index is 13.8. The average molecular weight is 393 g/mol. The summed E-state index contributed by atoms with van der Waals surface area (Å²) in [5, 5.41) is 5.34. The molecular formula is C20H25F2N3O3. The van der Waals surface area contributed by atoms with E-state index in [9.17, 15) is 18.4 Å². The van der Waals surface area contributed by atoms with Crippen molar-refractivity contribution in [2.45, 2.75) is 32.7 Å². The fourth-order valence-corrected chi connectivity index (χ4v) is 3.58. The van der Waals surface area contributed by atoms with Crippen LogP contribution in [0.5, 0.6) is 0 Å². The topological polar surface area (TPSA) is 70.7 Å². The van der Waals surface area contributed by atoms with Gasteiger partial charge in [0, 0.05) is 12.2 Å². The fraction of sp³-hybridized carbons (Fsp3) is 0.500. The number of carbonyl (C=O) groups is 2. The molecule has 1 atom stereocenters. The number of esters is 1. The number of ether oxygens (including phenoxy) is 1. The van der Waals surface area contributed by atoms with Crippen molar-refractivity contribution in [3.05, 3.63) is 46.7 Å². The van der Waals surface area contributed by atoms with E-state index in [2.05, 4.69) is 22.5 Å². The number of amides is 2. The molecule has 0 aromatic heterocycles. The van der Waals surface area contributed by atoms with E-state index in [0.717, 1.165) is 38.1 Å². The molecule has 0 bridgehead atoms. The number of nitrogens with one attached hydrogen (secondary N) is 2. The molecule has 28 heavy (non-hydrogen) atoms. The quantitative estimate of drug-likeness (QED) is 0.755. The highest BCUT2D eigenvalue weighted by Gasteiger charge is 2.35. The summed E-state index contributed by atoms with van der Waals surface area (Å²) in [6.45, 7) is 6.15. The summed E-state index contributed by atoms with van der Waals surface area (Å²) in [7, 11) is 0. The molecular weight excluding hydrogens is 368 g/mol. The van der Waals surface area contributed by atoms with Crippen molar-refractivity contribution in [2.24, 2.45) is 5.92 Å². The first-order valence-electron chi connectivity index (χ1n) is 9.54. The maximum Gasteiger partial charge on any atom is 0.338 e. The van der Waals surface area contributed by atoms with Crippen molar-refractivity contribution < 1.29 is 23.1 Å². The Morgan fingerprint density at radius 3 is 2.61 bits per heavy atom. The lowest BCUT2D eigenvalue weighted by atomic mass is 9.94. The number of urea groups is 1. The molecule has 2 aliphatic heterocycles. The number of nitrogens with zero attached hydrogens (tertiary/aromatic N) is 1. The van der Waals surface area contributed by atoms with Crippen LogP contribution in [0.4, 0.5) is 13.6 Å². The van der Waals surface area contributed by atoms with Gasteiger partial charge in [-0.15, -0.1) is 0 Å². The van der Waals surface area contributed by atoms with Crippen molar-refractivity contribution in [2.75, 3.05) is 26.2 Å². The van der Waals surface area contributed by atoms with Gasteiger partial charge in [-0.05, 0) is 56.5 Å². The number of hydrogen-bond donors (Lipinski definition) is 2. The zero-order valence-electron chi connectivity index (χ0n) is 16.1. The second-order valence-corrected chi connectivity index (χ2v) is 7.28. The third kappa shape index (κ3) is 4.49. The van der Waals surface area contributed by atoms with E-state index >= 15 is 0 Å². The monoisotopic (exact) mass is 393 g/mol. The van der Waals surface area contributed by atoms with E-state index in [-0.39, 0.29) is 17.7 Å². The van der Waals surface area contributed by atoms with E-state index in [0.29, 0.717) is 18.2 Å². The summed E-state index contributed by atoms with van der Waals surface area (Å²) < 4.78 is 32.3. The minimum atomic E-state index is -1.04. The number of piperidine rings is 1. The van der Waals surface area contributed by atoms with E-state index in [1.54, 1.807) is 6.92 Å². The number of rotatable bonds is 5. The van der Waals surface area contributed by atoms with Gasteiger partial charge < -0.3 is 15.4 Å². The lowest BCUT2D eigenvalue weighted by Gasteiger charge is -2.34. The molecule has 1 saturated heterocycles. The van der Waals surface area contributed by atoms with Crippen LogP contribution < -0.4 is 10.6 Å². The van der Waals surface area contributed by atoms with Gasteiger partial charge in [0.1, 0.15) is 0 Å². The predicted octanol–water partition coefficient (Wildman–Crippen LogP) is 2.87. The highest BCUT2D eigenvalue weighted by molar-refractivity contribution is 5.95. The molecule has 0 unspecified atom stereocenters. The van der Waals surface area contributed by atoms with Crippen molar-refractivity contribution in [1.82, 2.24) is 15.5 Å². The Morgan fingerprint density at radius 2 is 1.96 bits per heavy atom. The van der Waals surface area contributed by atoms with Gasteiger partial charge in [-0.3, -0.25) is 4.90 Å². The Labute approximate surface area is 162 Å². The van der Waals surface area contributed by atoms with Crippen LogP contribution in [0.1, 0.15) is 38.3 Å². The average Bonchev–Trinajstić information content (AvgIpc) is 2.65. The third-order valence-corrected chi connectivity index (χ3v) is 5.18. The second-order valence-electron chi connectivity index (χ2n) is 7.28. The Hall–Kier alpha value is -2.48.